The number of halogens is 5. The molecule has 0 amide bonds. The van der Waals surface area contributed by atoms with Crippen molar-refractivity contribution in [1.29, 1.82) is 0 Å². The number of nitrogens with one attached hydrogen (secondary N) is 1. The Morgan fingerprint density at radius 2 is 1.84 bits per heavy atom. The predicted molar refractivity (Wildman–Crippen MR) is 160 cm³/mol. The minimum absolute atomic E-state index is 0.0614. The Bertz CT molecular complexity index is 1710. The summed E-state index contributed by atoms with van der Waals surface area (Å²) in [6.45, 7) is 4.75. The number of oxime groups is 1. The van der Waals surface area contributed by atoms with Gasteiger partial charge >= 0.3 is 13.3 Å². The monoisotopic (exact) mass is 631 g/mol. The number of aromatic nitrogens is 1. The van der Waals surface area contributed by atoms with Crippen LogP contribution in [0.2, 0.25) is 10.0 Å². The van der Waals surface area contributed by atoms with E-state index in [1.54, 1.807) is 22.7 Å². The second kappa shape index (κ2) is 11.6. The third-order valence-electron chi connectivity index (χ3n) is 7.48. The first-order chi connectivity index (χ1) is 20.3. The molecule has 2 aliphatic heterocycles. The van der Waals surface area contributed by atoms with Crippen LogP contribution in [0.5, 0.6) is 0 Å². The number of alkyl halides is 3. The molecule has 2 N–H and O–H groups in total. The van der Waals surface area contributed by atoms with E-state index in [-0.39, 0.29) is 26.9 Å². The van der Waals surface area contributed by atoms with Crippen molar-refractivity contribution in [2.24, 2.45) is 5.16 Å². The maximum absolute atomic E-state index is 14.1. The van der Waals surface area contributed by atoms with Crippen molar-refractivity contribution >= 4 is 53.3 Å². The maximum atomic E-state index is 14.1. The van der Waals surface area contributed by atoms with Gasteiger partial charge in [0.15, 0.2) is 6.29 Å². The lowest BCUT2D eigenvalue weighted by molar-refractivity contribution is -0.275. The fourth-order valence-corrected chi connectivity index (χ4v) is 5.93. The lowest BCUT2D eigenvalue weighted by atomic mass is 9.77. The molecule has 0 aliphatic carbocycles. The fraction of sp³-hybridized carbons (Fsp3) is 0.267. The van der Waals surface area contributed by atoms with E-state index in [2.05, 4.69) is 16.5 Å². The highest BCUT2D eigenvalue weighted by Gasteiger charge is 2.62. The highest BCUT2D eigenvalue weighted by molar-refractivity contribution is 6.62. The van der Waals surface area contributed by atoms with E-state index >= 15 is 0 Å². The van der Waals surface area contributed by atoms with Gasteiger partial charge in [0.25, 0.3) is 5.60 Å². The number of hydrogen-bond acceptors (Lipinski definition) is 6. The molecule has 224 valence electrons. The average molecular weight is 632 g/mol. The zero-order valence-corrected chi connectivity index (χ0v) is 24.9. The zero-order valence-electron chi connectivity index (χ0n) is 23.4. The first-order valence-electron chi connectivity index (χ1n) is 13.3. The molecule has 4 aromatic rings. The number of aldehydes is 1. The van der Waals surface area contributed by atoms with Crippen LogP contribution in [0.4, 0.5) is 13.2 Å². The number of fused-ring (bicyclic) bond motifs is 2. The fourth-order valence-electron chi connectivity index (χ4n) is 5.41. The van der Waals surface area contributed by atoms with E-state index < -0.39 is 25.3 Å². The second-order valence-electron chi connectivity index (χ2n) is 10.8. The number of pyridine rings is 1. The molecule has 13 heteroatoms. The Kier molecular flexibility index (Phi) is 8.41. The Balaban J connectivity index is 0.000000207. The second-order valence-corrected chi connectivity index (χ2v) is 11.6. The van der Waals surface area contributed by atoms with Gasteiger partial charge in [-0.05, 0) is 79.9 Å². The van der Waals surface area contributed by atoms with E-state index in [9.17, 15) is 23.0 Å². The molecule has 1 unspecified atom stereocenters. The number of carbonyl (C=O) groups is 1. The molecule has 0 spiro atoms. The quantitative estimate of drug-likeness (QED) is 0.209. The number of rotatable bonds is 5. The molecule has 0 radical (unpaired) electrons. The number of carbonyl (C=O) groups excluding carboxylic acids is 1. The molecule has 0 saturated heterocycles. The molecule has 7 nitrogen and oxygen atoms in total. The van der Waals surface area contributed by atoms with Gasteiger partial charge in [0, 0.05) is 33.9 Å². The number of benzene rings is 2. The Morgan fingerprint density at radius 1 is 1.12 bits per heavy atom. The molecule has 0 saturated carbocycles. The molecule has 2 aromatic heterocycles. The molecular weight excluding hydrogens is 605 g/mol. The Morgan fingerprint density at radius 3 is 2.49 bits per heavy atom. The van der Waals surface area contributed by atoms with Gasteiger partial charge in [-0.1, -0.05) is 46.6 Å². The third kappa shape index (κ3) is 5.80. The molecule has 0 bridgehead atoms. The van der Waals surface area contributed by atoms with Crippen LogP contribution in [0.1, 0.15) is 53.0 Å². The smallest absolute Gasteiger partial charge is 0.423 e. The molecular formula is C30H27BCl2F3N3O4. The van der Waals surface area contributed by atoms with Crippen molar-refractivity contribution in [3.8, 4) is 0 Å². The van der Waals surface area contributed by atoms with Gasteiger partial charge in [0.05, 0.1) is 23.2 Å². The summed E-state index contributed by atoms with van der Waals surface area (Å²) in [6, 6.07) is 16.2. The molecule has 1 atom stereocenters. The average Bonchev–Trinajstić information content (AvgIpc) is 3.65. The van der Waals surface area contributed by atoms with E-state index in [1.165, 1.54) is 30.3 Å². The Labute approximate surface area is 256 Å². The summed E-state index contributed by atoms with van der Waals surface area (Å²) in [4.78, 5) is 16.2. The molecule has 0 fully saturated rings. The van der Waals surface area contributed by atoms with Crippen molar-refractivity contribution in [2.45, 2.75) is 44.2 Å². The van der Waals surface area contributed by atoms with Crippen LogP contribution in [0.3, 0.4) is 0 Å². The minimum Gasteiger partial charge on any atom is -0.423 e. The predicted octanol–water partition coefficient (Wildman–Crippen LogP) is 6.00. The van der Waals surface area contributed by atoms with Crippen LogP contribution in [-0.2, 0) is 27.2 Å². The number of nitrogens with zero attached hydrogens (tertiary/aromatic N) is 2. The highest BCUT2D eigenvalue weighted by Crippen LogP contribution is 2.49. The van der Waals surface area contributed by atoms with Crippen LogP contribution in [-0.4, -0.2) is 41.8 Å². The number of hydrogen-bond donors (Lipinski definition) is 2. The molecule has 6 rings (SSSR count). The molecule has 2 aliphatic rings. The van der Waals surface area contributed by atoms with Crippen LogP contribution >= 0.6 is 23.2 Å². The van der Waals surface area contributed by atoms with Gasteiger partial charge in [-0.2, -0.15) is 13.2 Å². The summed E-state index contributed by atoms with van der Waals surface area (Å²) in [7, 11) is 1.12. The lowest BCUT2D eigenvalue weighted by Crippen LogP contribution is -2.42. The minimum atomic E-state index is -4.77. The van der Waals surface area contributed by atoms with E-state index in [4.69, 9.17) is 32.7 Å². The SMILES string of the molecule is CNCc1ccc2c(c1)B(O)OC2(C)C.O=Cc1ccc(C2=NOC(c3cc(Cl)cc(Cl)c3)(C(F)(F)F)C2)n2cccc12. The van der Waals surface area contributed by atoms with Crippen molar-refractivity contribution in [1.82, 2.24) is 9.72 Å². The summed E-state index contributed by atoms with van der Waals surface area (Å²) >= 11 is 11.8. The Hall–Kier alpha value is -3.35. The first-order valence-corrected chi connectivity index (χ1v) is 14.0. The topological polar surface area (TPSA) is 84.6 Å². The standard InChI is InChI=1S/C19H11Cl2F3N2O2.C11H16BNO2/c20-13-6-12(7-14(21)8-13)18(19(22,23)24)9-15(25-28-18)17-4-3-11(10-27)16-2-1-5-26(16)17;1-11(2)9-5-4-8(7-13-3)6-10(9)12(14)15-11/h1-8,10H,9H2;4-6,13-14H,7H2,1-3H3. The molecule has 43 heavy (non-hydrogen) atoms. The lowest BCUT2D eigenvalue weighted by Gasteiger charge is -2.29. The van der Waals surface area contributed by atoms with Gasteiger partial charge in [0.1, 0.15) is 5.71 Å². The molecule has 4 heterocycles. The summed E-state index contributed by atoms with van der Waals surface area (Å²) in [5.74, 6) is 0. The van der Waals surface area contributed by atoms with Crippen LogP contribution < -0.4 is 10.8 Å². The van der Waals surface area contributed by atoms with Crippen molar-refractivity contribution in [2.75, 3.05) is 7.05 Å². The van der Waals surface area contributed by atoms with Crippen LogP contribution in [0.15, 0.2) is 72.0 Å². The van der Waals surface area contributed by atoms with Gasteiger partial charge in [-0.25, -0.2) is 0 Å². The summed E-state index contributed by atoms with van der Waals surface area (Å²) in [5.41, 5.74) is 1.27. The van der Waals surface area contributed by atoms with E-state index in [0.717, 1.165) is 23.1 Å². The zero-order chi connectivity index (χ0) is 31.2. The van der Waals surface area contributed by atoms with Crippen molar-refractivity contribution in [3.05, 3.63) is 105 Å². The van der Waals surface area contributed by atoms with Gasteiger partial charge in [0.2, 0.25) is 0 Å². The molecule has 2 aromatic carbocycles. The van der Waals surface area contributed by atoms with Gasteiger partial charge in [-0.15, -0.1) is 0 Å². The van der Waals surface area contributed by atoms with E-state index in [1.807, 2.05) is 33.0 Å². The first kappa shape index (κ1) is 31.1. The largest absolute Gasteiger partial charge is 0.492 e. The third-order valence-corrected chi connectivity index (χ3v) is 7.92. The summed E-state index contributed by atoms with van der Waals surface area (Å²) < 4.78 is 49.4. The van der Waals surface area contributed by atoms with Crippen LogP contribution in [0.25, 0.3) is 5.52 Å². The van der Waals surface area contributed by atoms with Gasteiger partial charge < -0.3 is 24.2 Å². The van der Waals surface area contributed by atoms with Crippen molar-refractivity contribution < 1.29 is 32.5 Å². The van der Waals surface area contributed by atoms with Gasteiger partial charge in [-0.3, -0.25) is 4.79 Å². The highest BCUT2D eigenvalue weighted by atomic mass is 35.5. The van der Waals surface area contributed by atoms with Crippen molar-refractivity contribution in [3.63, 3.8) is 0 Å². The van der Waals surface area contributed by atoms with Crippen LogP contribution in [0, 0.1) is 0 Å². The van der Waals surface area contributed by atoms with E-state index in [0.29, 0.717) is 23.1 Å². The summed E-state index contributed by atoms with van der Waals surface area (Å²) in [5, 5.41) is 16.7. The normalized spacial score (nSPS) is 19.0. The maximum Gasteiger partial charge on any atom is 0.492 e. The summed E-state index contributed by atoms with van der Waals surface area (Å²) in [6.07, 6.45) is -3.02.